The summed E-state index contributed by atoms with van der Waals surface area (Å²) in [5, 5.41) is 10.3. The molecule has 10 heteroatoms. The average molecular weight is 437 g/mol. The van der Waals surface area contributed by atoms with E-state index in [9.17, 15) is 18.3 Å². The lowest BCUT2D eigenvalue weighted by atomic mass is 10.2. The lowest BCUT2D eigenvalue weighted by Crippen LogP contribution is -2.50. The smallest absolute Gasteiger partial charge is 0.265 e. The van der Waals surface area contributed by atoms with Crippen LogP contribution < -0.4 is 10.5 Å². The fourth-order valence-electron chi connectivity index (χ4n) is 3.40. The van der Waals surface area contributed by atoms with E-state index in [0.29, 0.717) is 38.5 Å². The highest BCUT2D eigenvalue weighted by Crippen LogP contribution is 2.20. The van der Waals surface area contributed by atoms with Crippen LogP contribution in [0.1, 0.15) is 16.1 Å². The Morgan fingerprint density at radius 2 is 1.83 bits per heavy atom. The van der Waals surface area contributed by atoms with Crippen LogP contribution >= 0.6 is 0 Å². The first-order chi connectivity index (χ1) is 14.2. The molecule has 1 saturated heterocycles. The molecule has 1 amide bonds. The Labute approximate surface area is 176 Å². The molecular weight excluding hydrogens is 408 g/mol. The average Bonchev–Trinajstić information content (AvgIpc) is 3.11. The molecule has 0 bridgehead atoms. The number of sulfonamides is 1. The third-order valence-electron chi connectivity index (χ3n) is 5.13. The second-order valence-electron chi connectivity index (χ2n) is 7.52. The van der Waals surface area contributed by atoms with E-state index in [-0.39, 0.29) is 17.2 Å². The zero-order chi connectivity index (χ0) is 21.9. The van der Waals surface area contributed by atoms with Crippen molar-refractivity contribution >= 4 is 15.9 Å². The van der Waals surface area contributed by atoms with Crippen LogP contribution in [-0.2, 0) is 17.1 Å². The van der Waals surface area contributed by atoms with E-state index in [1.165, 1.54) is 21.1 Å². The van der Waals surface area contributed by atoms with Gasteiger partial charge in [0.1, 0.15) is 29.0 Å². The quantitative estimate of drug-likeness (QED) is 0.609. The Morgan fingerprint density at radius 3 is 2.40 bits per heavy atom. The van der Waals surface area contributed by atoms with Gasteiger partial charge in [0.05, 0.1) is 0 Å². The fourth-order valence-corrected chi connectivity index (χ4v) is 4.89. The minimum Gasteiger partial charge on any atom is -0.491 e. The second kappa shape index (κ2) is 9.17. The van der Waals surface area contributed by atoms with E-state index in [2.05, 4.69) is 0 Å². The van der Waals surface area contributed by atoms with E-state index < -0.39 is 22.0 Å². The number of piperazine rings is 1. The van der Waals surface area contributed by atoms with Gasteiger partial charge in [-0.05, 0) is 25.1 Å². The first kappa shape index (κ1) is 22.3. The number of primary amides is 1. The monoisotopic (exact) mass is 436 g/mol. The summed E-state index contributed by atoms with van der Waals surface area (Å²) in [5.41, 5.74) is 6.55. The number of nitrogens with two attached hydrogens (primary N) is 1. The van der Waals surface area contributed by atoms with Crippen LogP contribution in [0.2, 0.25) is 0 Å². The van der Waals surface area contributed by atoms with Gasteiger partial charge in [-0.25, -0.2) is 8.42 Å². The molecule has 2 heterocycles. The van der Waals surface area contributed by atoms with E-state index in [1.807, 2.05) is 36.1 Å². The molecule has 0 aliphatic carbocycles. The molecule has 0 saturated carbocycles. The molecule has 1 fully saturated rings. The number of aromatic nitrogens is 1. The van der Waals surface area contributed by atoms with E-state index >= 15 is 0 Å². The third kappa shape index (κ3) is 5.20. The first-order valence-electron chi connectivity index (χ1n) is 9.73. The number of carbonyl (C=O) groups excluding carboxylic acids is 1. The van der Waals surface area contributed by atoms with Gasteiger partial charge in [0.15, 0.2) is 0 Å². The highest BCUT2D eigenvalue weighted by molar-refractivity contribution is 7.89. The number of aliphatic hydroxyl groups excluding tert-OH is 1. The van der Waals surface area contributed by atoms with E-state index in [1.54, 1.807) is 7.05 Å². The maximum atomic E-state index is 12.9. The molecule has 9 nitrogen and oxygen atoms in total. The van der Waals surface area contributed by atoms with Crippen molar-refractivity contribution in [2.75, 3.05) is 39.3 Å². The van der Waals surface area contributed by atoms with Crippen molar-refractivity contribution in [2.24, 2.45) is 12.8 Å². The summed E-state index contributed by atoms with van der Waals surface area (Å²) in [4.78, 5) is 13.5. The number of carbonyl (C=O) groups is 1. The van der Waals surface area contributed by atoms with Crippen LogP contribution in [0.3, 0.4) is 0 Å². The predicted molar refractivity (Wildman–Crippen MR) is 112 cm³/mol. The van der Waals surface area contributed by atoms with Gasteiger partial charge in [-0.3, -0.25) is 9.69 Å². The second-order valence-corrected chi connectivity index (χ2v) is 9.46. The summed E-state index contributed by atoms with van der Waals surface area (Å²) in [6.45, 7) is 4.15. The summed E-state index contributed by atoms with van der Waals surface area (Å²) in [6.07, 6.45) is 0.718. The number of amides is 1. The van der Waals surface area contributed by atoms with Gasteiger partial charge < -0.3 is 20.1 Å². The topological polar surface area (TPSA) is 118 Å². The number of hydrogen-bond acceptors (Lipinski definition) is 6. The molecule has 1 aliphatic rings. The van der Waals surface area contributed by atoms with Gasteiger partial charge in [0.25, 0.3) is 5.91 Å². The van der Waals surface area contributed by atoms with Crippen molar-refractivity contribution in [3.63, 3.8) is 0 Å². The zero-order valence-electron chi connectivity index (χ0n) is 17.2. The number of benzene rings is 1. The molecule has 1 aromatic heterocycles. The number of aliphatic hydroxyl groups is 1. The van der Waals surface area contributed by atoms with Gasteiger partial charge >= 0.3 is 0 Å². The van der Waals surface area contributed by atoms with Crippen LogP contribution in [0.4, 0.5) is 0 Å². The van der Waals surface area contributed by atoms with Crippen molar-refractivity contribution in [3.8, 4) is 5.75 Å². The molecule has 1 atom stereocenters. The zero-order valence-corrected chi connectivity index (χ0v) is 18.0. The van der Waals surface area contributed by atoms with Gasteiger partial charge in [-0.2, -0.15) is 4.31 Å². The number of hydrogen-bond donors (Lipinski definition) is 2. The van der Waals surface area contributed by atoms with Gasteiger partial charge in [0.2, 0.25) is 10.0 Å². The highest BCUT2D eigenvalue weighted by Gasteiger charge is 2.30. The Balaban J connectivity index is 1.50. The normalized spacial score (nSPS) is 17.0. The minimum absolute atomic E-state index is 0.0544. The number of β-amino-alcohol motifs (C(OH)–C–C–N with tert-alkyl or cyclic N) is 1. The number of ether oxygens (including phenoxy) is 1. The Kier molecular flexibility index (Phi) is 6.81. The summed E-state index contributed by atoms with van der Waals surface area (Å²) in [6, 6.07) is 8.91. The van der Waals surface area contributed by atoms with Crippen LogP contribution in [-0.4, -0.2) is 78.6 Å². The maximum Gasteiger partial charge on any atom is 0.265 e. The summed E-state index contributed by atoms with van der Waals surface area (Å²) >= 11 is 0. The predicted octanol–water partition coefficient (Wildman–Crippen LogP) is 0.179. The fraction of sp³-hybridized carbons (Fsp3) is 0.450. The summed E-state index contributed by atoms with van der Waals surface area (Å²) in [7, 11) is -2.13. The van der Waals surface area contributed by atoms with Crippen molar-refractivity contribution in [1.29, 1.82) is 0 Å². The first-order valence-corrected chi connectivity index (χ1v) is 11.2. The number of rotatable bonds is 8. The minimum atomic E-state index is -3.71. The molecule has 0 spiro atoms. The largest absolute Gasteiger partial charge is 0.491 e. The Morgan fingerprint density at radius 1 is 1.20 bits per heavy atom. The molecule has 30 heavy (non-hydrogen) atoms. The SMILES string of the molecule is Cc1ccc(OC[C@@H](O)CN2CCN(S(=O)(=O)c3cc(C(N)=O)n(C)c3)CC2)cc1. The van der Waals surface area contributed by atoms with Crippen molar-refractivity contribution < 1.29 is 23.1 Å². The maximum absolute atomic E-state index is 12.9. The van der Waals surface area contributed by atoms with Crippen LogP contribution in [0, 0.1) is 6.92 Å². The van der Waals surface area contributed by atoms with Crippen LogP contribution in [0.15, 0.2) is 41.4 Å². The lowest BCUT2D eigenvalue weighted by Gasteiger charge is -2.34. The molecule has 1 aliphatic heterocycles. The van der Waals surface area contributed by atoms with E-state index in [4.69, 9.17) is 10.5 Å². The van der Waals surface area contributed by atoms with Crippen molar-refractivity contribution in [2.45, 2.75) is 17.9 Å². The molecule has 3 rings (SSSR count). The molecular formula is C20H28N4O5S. The number of nitrogens with zero attached hydrogens (tertiary/aromatic N) is 3. The molecule has 0 unspecified atom stereocenters. The third-order valence-corrected chi connectivity index (χ3v) is 7.00. The van der Waals surface area contributed by atoms with Crippen molar-refractivity contribution in [1.82, 2.24) is 13.8 Å². The lowest BCUT2D eigenvalue weighted by molar-refractivity contribution is 0.0569. The molecule has 0 radical (unpaired) electrons. The molecule has 1 aromatic carbocycles. The van der Waals surface area contributed by atoms with Crippen LogP contribution in [0.5, 0.6) is 5.75 Å². The van der Waals surface area contributed by atoms with Gasteiger partial charge in [0, 0.05) is 46.0 Å². The summed E-state index contributed by atoms with van der Waals surface area (Å²) < 4.78 is 34.1. The molecule has 2 aromatic rings. The van der Waals surface area contributed by atoms with Gasteiger partial charge in [-0.1, -0.05) is 17.7 Å². The molecule has 3 N–H and O–H groups in total. The van der Waals surface area contributed by atoms with E-state index in [0.717, 1.165) is 5.56 Å². The summed E-state index contributed by atoms with van der Waals surface area (Å²) in [5.74, 6) is 0.0272. The highest BCUT2D eigenvalue weighted by atomic mass is 32.2. The standard InChI is InChI=1S/C20H28N4O5S/c1-15-3-5-17(6-4-15)29-14-16(25)12-23-7-9-24(10-8-23)30(27,28)18-11-19(20(21)26)22(2)13-18/h3-6,11,13,16,25H,7-10,12,14H2,1-2H3,(H2,21,26)/t16-/m0/s1. The van der Waals surface area contributed by atoms with Gasteiger partial charge in [-0.15, -0.1) is 0 Å². The number of aryl methyl sites for hydroxylation is 2. The van der Waals surface area contributed by atoms with Crippen LogP contribution in [0.25, 0.3) is 0 Å². The molecule has 164 valence electrons. The Hall–Kier alpha value is -2.40. The van der Waals surface area contributed by atoms with Crippen molar-refractivity contribution in [3.05, 3.63) is 47.8 Å². The Bertz CT molecular complexity index is 979.